The summed E-state index contributed by atoms with van der Waals surface area (Å²) in [7, 11) is 1.59. The Labute approximate surface area is 102 Å². The van der Waals surface area contributed by atoms with E-state index in [4.69, 9.17) is 10.5 Å². The minimum Gasteiger partial charge on any atom is -0.383 e. The number of aryl methyl sites for hydroxylation is 1. The number of ether oxygens (including phenoxy) is 1. The van der Waals surface area contributed by atoms with E-state index >= 15 is 0 Å². The van der Waals surface area contributed by atoms with Gasteiger partial charge in [0.1, 0.15) is 0 Å². The molecule has 0 bridgehead atoms. The fourth-order valence-electron chi connectivity index (χ4n) is 1.63. The third kappa shape index (κ3) is 4.54. The van der Waals surface area contributed by atoms with Crippen molar-refractivity contribution in [1.82, 2.24) is 5.32 Å². The van der Waals surface area contributed by atoms with Gasteiger partial charge in [-0.2, -0.15) is 0 Å². The summed E-state index contributed by atoms with van der Waals surface area (Å²) in [6, 6.07) is 7.74. The van der Waals surface area contributed by atoms with Gasteiger partial charge < -0.3 is 15.8 Å². The molecule has 0 saturated heterocycles. The van der Waals surface area contributed by atoms with Gasteiger partial charge in [-0.3, -0.25) is 4.79 Å². The number of methoxy groups -OCH3 is 1. The van der Waals surface area contributed by atoms with Gasteiger partial charge in [-0.05, 0) is 18.1 Å². The number of rotatable bonds is 6. The normalized spacial score (nSPS) is 12.2. The Hall–Kier alpha value is -1.39. The van der Waals surface area contributed by atoms with Gasteiger partial charge in [0.15, 0.2) is 0 Å². The standard InChI is InChI=1S/C13H20N2O2/c1-10-5-3-4-6-11(10)7-13(16)15-12(8-14)9-17-2/h3-6,12H,7-9,14H2,1-2H3,(H,15,16). The van der Waals surface area contributed by atoms with Crippen molar-refractivity contribution in [2.24, 2.45) is 5.73 Å². The number of benzene rings is 1. The van der Waals surface area contributed by atoms with Gasteiger partial charge in [0.2, 0.25) is 5.91 Å². The molecule has 0 radical (unpaired) electrons. The van der Waals surface area contributed by atoms with Crippen LogP contribution in [0.5, 0.6) is 0 Å². The van der Waals surface area contributed by atoms with Gasteiger partial charge in [0.05, 0.1) is 19.1 Å². The Kier molecular flexibility index (Phi) is 5.66. The first-order chi connectivity index (χ1) is 8.17. The molecule has 0 spiro atoms. The highest BCUT2D eigenvalue weighted by atomic mass is 16.5. The Bertz CT molecular complexity index is 366. The lowest BCUT2D eigenvalue weighted by molar-refractivity contribution is -0.121. The van der Waals surface area contributed by atoms with E-state index in [0.29, 0.717) is 19.6 Å². The first-order valence-electron chi connectivity index (χ1n) is 5.70. The molecule has 1 atom stereocenters. The Morgan fingerprint density at radius 2 is 2.18 bits per heavy atom. The molecule has 1 aromatic rings. The summed E-state index contributed by atoms with van der Waals surface area (Å²) < 4.78 is 4.97. The smallest absolute Gasteiger partial charge is 0.224 e. The van der Waals surface area contributed by atoms with Crippen LogP contribution in [-0.2, 0) is 16.0 Å². The highest BCUT2D eigenvalue weighted by Crippen LogP contribution is 2.07. The zero-order valence-electron chi connectivity index (χ0n) is 10.4. The number of carbonyl (C=O) groups is 1. The molecular weight excluding hydrogens is 216 g/mol. The van der Waals surface area contributed by atoms with E-state index in [9.17, 15) is 4.79 Å². The highest BCUT2D eigenvalue weighted by Gasteiger charge is 2.11. The summed E-state index contributed by atoms with van der Waals surface area (Å²) in [5.74, 6) is -0.0215. The molecule has 1 rings (SSSR count). The van der Waals surface area contributed by atoms with Gasteiger partial charge in [-0.1, -0.05) is 24.3 Å². The molecule has 0 fully saturated rings. The molecule has 1 amide bonds. The maximum absolute atomic E-state index is 11.8. The van der Waals surface area contributed by atoms with Crippen molar-refractivity contribution < 1.29 is 9.53 Å². The minimum atomic E-state index is -0.114. The zero-order valence-corrected chi connectivity index (χ0v) is 10.4. The Morgan fingerprint density at radius 1 is 1.47 bits per heavy atom. The Balaban J connectivity index is 2.52. The van der Waals surface area contributed by atoms with Crippen LogP contribution in [0.2, 0.25) is 0 Å². The second kappa shape index (κ2) is 7.04. The van der Waals surface area contributed by atoms with Crippen LogP contribution < -0.4 is 11.1 Å². The van der Waals surface area contributed by atoms with Crippen LogP contribution in [0.3, 0.4) is 0 Å². The molecule has 94 valence electrons. The highest BCUT2D eigenvalue weighted by molar-refractivity contribution is 5.79. The monoisotopic (exact) mass is 236 g/mol. The molecule has 0 saturated carbocycles. The predicted molar refractivity (Wildman–Crippen MR) is 67.7 cm³/mol. The van der Waals surface area contributed by atoms with Gasteiger partial charge in [-0.15, -0.1) is 0 Å². The van der Waals surface area contributed by atoms with Crippen LogP contribution in [0.4, 0.5) is 0 Å². The first-order valence-corrected chi connectivity index (χ1v) is 5.70. The summed E-state index contributed by atoms with van der Waals surface area (Å²) in [6.07, 6.45) is 0.382. The number of amides is 1. The van der Waals surface area contributed by atoms with Crippen molar-refractivity contribution in [2.75, 3.05) is 20.3 Å². The quantitative estimate of drug-likeness (QED) is 0.761. The molecule has 0 heterocycles. The van der Waals surface area contributed by atoms with Crippen LogP contribution in [0, 0.1) is 6.92 Å². The first kappa shape index (κ1) is 13.7. The summed E-state index contributed by atoms with van der Waals surface area (Å²) >= 11 is 0. The lowest BCUT2D eigenvalue weighted by Gasteiger charge is -2.16. The molecule has 1 unspecified atom stereocenters. The Morgan fingerprint density at radius 3 is 2.76 bits per heavy atom. The third-order valence-electron chi connectivity index (χ3n) is 2.63. The number of nitrogens with two attached hydrogens (primary N) is 1. The molecule has 17 heavy (non-hydrogen) atoms. The molecule has 4 heteroatoms. The SMILES string of the molecule is COCC(CN)NC(=O)Cc1ccccc1C. The van der Waals surface area contributed by atoms with Crippen molar-refractivity contribution >= 4 is 5.91 Å². The van der Waals surface area contributed by atoms with Crippen molar-refractivity contribution in [3.63, 3.8) is 0 Å². The van der Waals surface area contributed by atoms with E-state index in [2.05, 4.69) is 5.32 Å². The second-order valence-electron chi connectivity index (χ2n) is 4.06. The van der Waals surface area contributed by atoms with Crippen LogP contribution in [0.15, 0.2) is 24.3 Å². The maximum atomic E-state index is 11.8. The van der Waals surface area contributed by atoms with Crippen LogP contribution in [0.25, 0.3) is 0 Å². The lowest BCUT2D eigenvalue weighted by atomic mass is 10.1. The predicted octanol–water partition coefficient (Wildman–Crippen LogP) is 0.627. The average molecular weight is 236 g/mol. The minimum absolute atomic E-state index is 0.0215. The molecule has 0 aliphatic heterocycles. The van der Waals surface area contributed by atoms with E-state index in [1.54, 1.807) is 7.11 Å². The number of hydrogen-bond donors (Lipinski definition) is 2. The van der Waals surface area contributed by atoms with Crippen LogP contribution in [0.1, 0.15) is 11.1 Å². The molecule has 4 nitrogen and oxygen atoms in total. The third-order valence-corrected chi connectivity index (χ3v) is 2.63. The molecule has 0 aromatic heterocycles. The van der Waals surface area contributed by atoms with Gasteiger partial charge in [0, 0.05) is 13.7 Å². The van der Waals surface area contributed by atoms with E-state index in [1.807, 2.05) is 31.2 Å². The van der Waals surface area contributed by atoms with Gasteiger partial charge >= 0.3 is 0 Å². The number of carbonyl (C=O) groups excluding carboxylic acids is 1. The number of nitrogens with one attached hydrogen (secondary N) is 1. The topological polar surface area (TPSA) is 64.3 Å². The summed E-state index contributed by atoms with van der Waals surface area (Å²) in [6.45, 7) is 2.82. The van der Waals surface area contributed by atoms with E-state index in [-0.39, 0.29) is 11.9 Å². The van der Waals surface area contributed by atoms with Crippen molar-refractivity contribution in [3.05, 3.63) is 35.4 Å². The number of hydrogen-bond acceptors (Lipinski definition) is 3. The zero-order chi connectivity index (χ0) is 12.7. The largest absolute Gasteiger partial charge is 0.383 e. The molecule has 3 N–H and O–H groups in total. The van der Waals surface area contributed by atoms with Gasteiger partial charge in [-0.25, -0.2) is 0 Å². The molecular formula is C13H20N2O2. The van der Waals surface area contributed by atoms with Gasteiger partial charge in [0.25, 0.3) is 0 Å². The summed E-state index contributed by atoms with van der Waals surface area (Å²) in [4.78, 5) is 11.8. The fourth-order valence-corrected chi connectivity index (χ4v) is 1.63. The van der Waals surface area contributed by atoms with E-state index in [1.165, 1.54) is 0 Å². The molecule has 0 aliphatic rings. The second-order valence-corrected chi connectivity index (χ2v) is 4.06. The lowest BCUT2D eigenvalue weighted by Crippen LogP contribution is -2.43. The van der Waals surface area contributed by atoms with Crippen molar-refractivity contribution in [1.29, 1.82) is 0 Å². The van der Waals surface area contributed by atoms with Crippen molar-refractivity contribution in [2.45, 2.75) is 19.4 Å². The molecule has 1 aromatic carbocycles. The van der Waals surface area contributed by atoms with Crippen molar-refractivity contribution in [3.8, 4) is 0 Å². The van der Waals surface area contributed by atoms with Crippen LogP contribution in [-0.4, -0.2) is 32.2 Å². The maximum Gasteiger partial charge on any atom is 0.224 e. The average Bonchev–Trinajstić information content (AvgIpc) is 2.31. The van der Waals surface area contributed by atoms with Crippen LogP contribution >= 0.6 is 0 Å². The fraction of sp³-hybridized carbons (Fsp3) is 0.462. The molecule has 0 aliphatic carbocycles. The van der Waals surface area contributed by atoms with E-state index < -0.39 is 0 Å². The summed E-state index contributed by atoms with van der Waals surface area (Å²) in [5.41, 5.74) is 7.70. The summed E-state index contributed by atoms with van der Waals surface area (Å²) in [5, 5.41) is 2.85. The van der Waals surface area contributed by atoms with E-state index in [0.717, 1.165) is 11.1 Å².